The van der Waals surface area contributed by atoms with Gasteiger partial charge >= 0.3 is 0 Å². The Morgan fingerprint density at radius 1 is 1.00 bits per heavy atom. The van der Waals surface area contributed by atoms with Crippen LogP contribution in [0.15, 0.2) is 60.8 Å². The van der Waals surface area contributed by atoms with Crippen LogP contribution in [0.1, 0.15) is 26.3 Å². The van der Waals surface area contributed by atoms with Gasteiger partial charge in [0, 0.05) is 11.8 Å². The fourth-order valence-electron chi connectivity index (χ4n) is 3.69. The highest BCUT2D eigenvalue weighted by atomic mass is 19.1. The maximum atomic E-state index is 13.7. The first-order chi connectivity index (χ1) is 15.4. The lowest BCUT2D eigenvalue weighted by Crippen LogP contribution is -2.37. The summed E-state index contributed by atoms with van der Waals surface area (Å²) in [4.78, 5) is 42.4. The van der Waals surface area contributed by atoms with Gasteiger partial charge in [-0.2, -0.15) is 4.98 Å². The number of nitrogens with one attached hydrogen (secondary N) is 1. The Labute approximate surface area is 181 Å². The number of pyridine rings is 1. The molecule has 158 valence electrons. The van der Waals surface area contributed by atoms with Gasteiger partial charge in [0.2, 0.25) is 11.9 Å². The molecule has 2 aromatic carbocycles. The molecule has 1 N–H and O–H groups in total. The van der Waals surface area contributed by atoms with E-state index in [1.807, 2.05) is 6.92 Å². The van der Waals surface area contributed by atoms with Crippen LogP contribution in [-0.2, 0) is 4.79 Å². The lowest BCUT2D eigenvalue weighted by atomic mass is 10.0. The molecule has 0 fully saturated rings. The van der Waals surface area contributed by atoms with Gasteiger partial charge in [-0.15, -0.1) is 5.10 Å². The molecule has 1 aliphatic rings. The molecule has 9 heteroatoms. The Kier molecular flexibility index (Phi) is 4.51. The van der Waals surface area contributed by atoms with Crippen molar-refractivity contribution in [2.75, 3.05) is 11.9 Å². The smallest absolute Gasteiger partial charge is 0.262 e. The largest absolute Gasteiger partial charge is 0.292 e. The number of anilines is 1. The van der Waals surface area contributed by atoms with Gasteiger partial charge in [-0.05, 0) is 54.4 Å². The average Bonchev–Trinajstić information content (AvgIpc) is 3.28. The number of fused-ring (bicyclic) bond motifs is 2. The van der Waals surface area contributed by atoms with Crippen molar-refractivity contribution in [1.82, 2.24) is 19.5 Å². The third-order valence-electron chi connectivity index (χ3n) is 5.27. The minimum atomic E-state index is -0.600. The third-order valence-corrected chi connectivity index (χ3v) is 5.27. The normalized spacial score (nSPS) is 13.0. The van der Waals surface area contributed by atoms with Gasteiger partial charge in [-0.1, -0.05) is 18.2 Å². The molecule has 8 nitrogen and oxygen atoms in total. The predicted octanol–water partition coefficient (Wildman–Crippen LogP) is 3.08. The van der Waals surface area contributed by atoms with E-state index in [0.29, 0.717) is 5.65 Å². The second kappa shape index (κ2) is 7.38. The number of nitrogens with zero attached hydrogens (tertiary/aromatic N) is 4. The van der Waals surface area contributed by atoms with E-state index in [4.69, 9.17) is 0 Å². The zero-order chi connectivity index (χ0) is 22.4. The monoisotopic (exact) mass is 429 g/mol. The molecule has 3 heterocycles. The van der Waals surface area contributed by atoms with Crippen LogP contribution in [0.25, 0.3) is 16.8 Å². The van der Waals surface area contributed by atoms with E-state index < -0.39 is 24.3 Å². The number of rotatable bonds is 4. The van der Waals surface area contributed by atoms with Gasteiger partial charge in [0.15, 0.2) is 5.65 Å². The van der Waals surface area contributed by atoms with Crippen LogP contribution in [-0.4, -0.2) is 43.8 Å². The molecule has 32 heavy (non-hydrogen) atoms. The number of imide groups is 1. The predicted molar refractivity (Wildman–Crippen MR) is 114 cm³/mol. The Morgan fingerprint density at radius 2 is 1.72 bits per heavy atom. The van der Waals surface area contributed by atoms with E-state index in [1.165, 1.54) is 16.6 Å². The van der Waals surface area contributed by atoms with Gasteiger partial charge in [0.25, 0.3) is 11.8 Å². The minimum Gasteiger partial charge on any atom is -0.292 e. The Balaban J connectivity index is 1.35. The van der Waals surface area contributed by atoms with E-state index >= 15 is 0 Å². The summed E-state index contributed by atoms with van der Waals surface area (Å²) in [6.45, 7) is 1.43. The van der Waals surface area contributed by atoms with Crippen LogP contribution < -0.4 is 5.32 Å². The second-order valence-electron chi connectivity index (χ2n) is 7.41. The van der Waals surface area contributed by atoms with Crippen LogP contribution in [0.3, 0.4) is 0 Å². The van der Waals surface area contributed by atoms with E-state index in [-0.39, 0.29) is 22.9 Å². The van der Waals surface area contributed by atoms with Crippen LogP contribution >= 0.6 is 0 Å². The molecule has 0 spiro atoms. The van der Waals surface area contributed by atoms with Crippen molar-refractivity contribution in [3.8, 4) is 11.1 Å². The quantitative estimate of drug-likeness (QED) is 0.503. The maximum Gasteiger partial charge on any atom is 0.262 e. The summed E-state index contributed by atoms with van der Waals surface area (Å²) in [7, 11) is 0. The number of amides is 3. The highest BCUT2D eigenvalue weighted by molar-refractivity contribution is 6.22. The molecule has 2 aromatic heterocycles. The Bertz CT molecular complexity index is 1390. The van der Waals surface area contributed by atoms with Crippen LogP contribution in [0.4, 0.5) is 10.3 Å². The second-order valence-corrected chi connectivity index (χ2v) is 7.41. The number of halogens is 1. The van der Waals surface area contributed by atoms with E-state index in [9.17, 15) is 18.8 Å². The summed E-state index contributed by atoms with van der Waals surface area (Å²) in [5.41, 5.74) is 3.38. The Hall–Kier alpha value is -4.40. The molecule has 5 rings (SSSR count). The molecule has 0 bridgehead atoms. The van der Waals surface area contributed by atoms with Crippen molar-refractivity contribution in [3.63, 3.8) is 0 Å². The van der Waals surface area contributed by atoms with Gasteiger partial charge in [0.1, 0.15) is 12.4 Å². The third kappa shape index (κ3) is 3.29. The first-order valence-corrected chi connectivity index (χ1v) is 9.79. The van der Waals surface area contributed by atoms with E-state index in [0.717, 1.165) is 21.6 Å². The summed E-state index contributed by atoms with van der Waals surface area (Å²) >= 11 is 0. The van der Waals surface area contributed by atoms with Crippen LogP contribution in [0.2, 0.25) is 0 Å². The first kappa shape index (κ1) is 19.6. The Morgan fingerprint density at radius 3 is 2.44 bits per heavy atom. The molecule has 1 aliphatic heterocycles. The minimum absolute atomic E-state index is 0.0275. The average molecular weight is 429 g/mol. The highest BCUT2D eigenvalue weighted by Crippen LogP contribution is 2.25. The molecule has 0 saturated heterocycles. The summed E-state index contributed by atoms with van der Waals surface area (Å²) < 4.78 is 15.1. The van der Waals surface area contributed by atoms with Crippen molar-refractivity contribution in [3.05, 3.63) is 83.3 Å². The van der Waals surface area contributed by atoms with Crippen LogP contribution in [0.5, 0.6) is 0 Å². The van der Waals surface area contributed by atoms with Gasteiger partial charge in [0.05, 0.1) is 11.1 Å². The molecule has 0 saturated carbocycles. The summed E-state index contributed by atoms with van der Waals surface area (Å²) in [6.07, 6.45) is 1.68. The van der Waals surface area contributed by atoms with Gasteiger partial charge < -0.3 is 0 Å². The number of hydrogen-bond donors (Lipinski definition) is 1. The first-order valence-electron chi connectivity index (χ1n) is 9.79. The van der Waals surface area contributed by atoms with Crippen molar-refractivity contribution >= 4 is 29.3 Å². The molecule has 3 amide bonds. The zero-order valence-electron chi connectivity index (χ0n) is 16.9. The van der Waals surface area contributed by atoms with Crippen molar-refractivity contribution in [2.45, 2.75) is 6.92 Å². The van der Waals surface area contributed by atoms with Crippen molar-refractivity contribution < 1.29 is 18.8 Å². The topological polar surface area (TPSA) is 96.7 Å². The fraction of sp³-hybridized carbons (Fsp3) is 0.0870. The molecule has 0 unspecified atom stereocenters. The number of carbonyl (C=O) groups is 3. The molecule has 4 aromatic rings. The molecule has 0 atom stereocenters. The molecule has 0 radical (unpaired) electrons. The van der Waals surface area contributed by atoms with E-state index in [2.05, 4.69) is 15.4 Å². The van der Waals surface area contributed by atoms with Gasteiger partial charge in [-0.3, -0.25) is 24.6 Å². The van der Waals surface area contributed by atoms with E-state index in [1.54, 1.807) is 48.7 Å². The molecular weight excluding hydrogens is 413 g/mol. The number of aromatic nitrogens is 3. The van der Waals surface area contributed by atoms with Crippen molar-refractivity contribution in [2.24, 2.45) is 0 Å². The molecule has 0 aliphatic carbocycles. The number of hydrogen-bond acceptors (Lipinski definition) is 5. The lowest BCUT2D eigenvalue weighted by molar-refractivity contribution is -0.116. The van der Waals surface area contributed by atoms with Crippen molar-refractivity contribution in [1.29, 1.82) is 0 Å². The summed E-state index contributed by atoms with van der Waals surface area (Å²) in [5.74, 6) is -1.95. The summed E-state index contributed by atoms with van der Waals surface area (Å²) in [6, 6.07) is 14.4. The number of aryl methyl sites for hydroxylation is 1. The SMILES string of the molecule is Cc1ccc(F)cc1-c1ccc2nc(NC(=O)CN3C(=O)c4ccccc4C3=O)nn2c1. The standard InChI is InChI=1S/C23H16FN5O3/c1-13-6-8-15(24)10-18(13)14-7-9-19-25-23(27-29(19)11-14)26-20(30)12-28-21(31)16-4-2-3-5-17(16)22(28)32/h2-11H,12H2,1H3,(H,26,27,30). The zero-order valence-corrected chi connectivity index (χ0v) is 16.9. The highest BCUT2D eigenvalue weighted by Gasteiger charge is 2.36. The molecular formula is C23H16FN5O3. The number of benzene rings is 2. The number of carbonyl (C=O) groups excluding carboxylic acids is 3. The summed E-state index contributed by atoms with van der Waals surface area (Å²) in [5, 5.41) is 6.75. The lowest BCUT2D eigenvalue weighted by Gasteiger charge is -2.12. The fourth-order valence-corrected chi connectivity index (χ4v) is 3.69. The van der Waals surface area contributed by atoms with Gasteiger partial charge in [-0.25, -0.2) is 8.91 Å². The maximum absolute atomic E-state index is 13.7. The van der Waals surface area contributed by atoms with Crippen LogP contribution in [0, 0.1) is 12.7 Å².